The zero-order valence-electron chi connectivity index (χ0n) is 18.6. The third-order valence-electron chi connectivity index (χ3n) is 5.23. The summed E-state index contributed by atoms with van der Waals surface area (Å²) in [7, 11) is 1.46. The minimum atomic E-state index is -4.52. The molecule has 2 aromatic carbocycles. The number of rotatable bonds is 5. The summed E-state index contributed by atoms with van der Waals surface area (Å²) < 4.78 is 38.7. The van der Waals surface area contributed by atoms with Gasteiger partial charge in [-0.3, -0.25) is 14.4 Å². The van der Waals surface area contributed by atoms with E-state index >= 15 is 0 Å². The van der Waals surface area contributed by atoms with Crippen molar-refractivity contribution in [2.45, 2.75) is 43.5 Å². The molecule has 1 heterocycles. The van der Waals surface area contributed by atoms with Crippen molar-refractivity contribution in [2.24, 2.45) is 0 Å². The number of aryl methyl sites for hydroxylation is 3. The molecule has 0 bridgehead atoms. The maximum Gasteiger partial charge on any atom is 0.416 e. The van der Waals surface area contributed by atoms with Crippen molar-refractivity contribution in [3.8, 4) is 0 Å². The fourth-order valence-electron chi connectivity index (χ4n) is 3.64. The number of hydrogen-bond acceptors (Lipinski definition) is 4. The number of benzene rings is 2. The number of likely N-dealkylation sites (N-methyl/N-ethyl adjacent to an activating group) is 1. The Bertz CT molecular complexity index is 1090. The van der Waals surface area contributed by atoms with E-state index in [0.29, 0.717) is 10.6 Å². The highest BCUT2D eigenvalue weighted by atomic mass is 32.2. The van der Waals surface area contributed by atoms with Gasteiger partial charge in [-0.05, 0) is 50.1 Å². The molecular formula is C23H24F3N3O3S. The van der Waals surface area contributed by atoms with E-state index in [0.717, 1.165) is 40.6 Å². The van der Waals surface area contributed by atoms with Gasteiger partial charge in [0.2, 0.25) is 17.7 Å². The molecule has 0 aromatic heterocycles. The Kier molecular flexibility index (Phi) is 7.06. The second-order valence-electron chi connectivity index (χ2n) is 8.08. The van der Waals surface area contributed by atoms with Crippen LogP contribution in [0.25, 0.3) is 0 Å². The third-order valence-corrected chi connectivity index (χ3v) is 6.51. The first kappa shape index (κ1) is 24.6. The molecule has 0 spiro atoms. The van der Waals surface area contributed by atoms with E-state index in [4.69, 9.17) is 0 Å². The molecular weight excluding hydrogens is 455 g/mol. The summed E-state index contributed by atoms with van der Waals surface area (Å²) in [5, 5.41) is 4.46. The maximum absolute atomic E-state index is 12.9. The number of alkyl halides is 3. The molecule has 0 fully saturated rings. The summed E-state index contributed by atoms with van der Waals surface area (Å²) in [4.78, 5) is 39.1. The molecule has 0 aliphatic carbocycles. The van der Waals surface area contributed by atoms with Crippen LogP contribution >= 0.6 is 11.8 Å². The topological polar surface area (TPSA) is 78.5 Å². The second kappa shape index (κ2) is 9.46. The van der Waals surface area contributed by atoms with Gasteiger partial charge in [-0.25, -0.2) is 0 Å². The number of carbonyl (C=O) groups excluding carboxylic acids is 3. The van der Waals surface area contributed by atoms with Crippen molar-refractivity contribution in [2.75, 3.05) is 24.2 Å². The van der Waals surface area contributed by atoms with Crippen molar-refractivity contribution < 1.29 is 27.6 Å². The first-order valence-electron chi connectivity index (χ1n) is 10.2. The van der Waals surface area contributed by atoms with Gasteiger partial charge in [0.15, 0.2) is 0 Å². The van der Waals surface area contributed by atoms with Gasteiger partial charge in [0.05, 0.1) is 23.0 Å². The SMILES string of the molecule is Cc1cc(C)c(NC(=O)CN(C)C(=O)CC2Sc3ccc(C(F)(F)F)cc3NC2=O)c(C)c1. The number of carbonyl (C=O) groups is 3. The Morgan fingerprint density at radius 1 is 1.12 bits per heavy atom. The van der Waals surface area contributed by atoms with Gasteiger partial charge in [0.1, 0.15) is 0 Å². The first-order chi connectivity index (χ1) is 15.3. The van der Waals surface area contributed by atoms with Gasteiger partial charge in [0.25, 0.3) is 0 Å². The Labute approximate surface area is 193 Å². The summed E-state index contributed by atoms with van der Waals surface area (Å²) in [5.74, 6) is -1.35. The monoisotopic (exact) mass is 479 g/mol. The van der Waals surface area contributed by atoms with E-state index in [1.807, 2.05) is 32.9 Å². The molecule has 2 aromatic rings. The highest BCUT2D eigenvalue weighted by Crippen LogP contribution is 2.40. The lowest BCUT2D eigenvalue weighted by Gasteiger charge is -2.26. The fraction of sp³-hybridized carbons (Fsp3) is 0.348. The molecule has 1 unspecified atom stereocenters. The number of fused-ring (bicyclic) bond motifs is 1. The standard InChI is InChI=1S/C23H24F3N3O3S/c1-12-7-13(2)21(14(3)8-12)28-19(30)11-29(4)20(31)10-18-22(32)27-16-9-15(23(24,25)26)5-6-17(16)33-18/h5-9,18H,10-11H2,1-4H3,(H,27,32)(H,28,30). The fourth-order valence-corrected chi connectivity index (χ4v) is 4.72. The first-order valence-corrected chi connectivity index (χ1v) is 11.0. The molecule has 1 aliphatic rings. The molecule has 0 saturated heterocycles. The van der Waals surface area contributed by atoms with Crippen LogP contribution in [-0.2, 0) is 20.6 Å². The Hall–Kier alpha value is -3.01. The summed E-state index contributed by atoms with van der Waals surface area (Å²) in [6.07, 6.45) is -4.71. The van der Waals surface area contributed by atoms with Crippen molar-refractivity contribution >= 4 is 40.9 Å². The number of nitrogens with zero attached hydrogens (tertiary/aromatic N) is 1. The van der Waals surface area contributed by atoms with E-state index in [1.165, 1.54) is 18.0 Å². The van der Waals surface area contributed by atoms with Crippen LogP contribution in [0.3, 0.4) is 0 Å². The lowest BCUT2D eigenvalue weighted by Crippen LogP contribution is -2.39. The average molecular weight is 480 g/mol. The van der Waals surface area contributed by atoms with Crippen LogP contribution in [0.4, 0.5) is 24.5 Å². The molecule has 0 radical (unpaired) electrons. The molecule has 1 atom stereocenters. The van der Waals surface area contributed by atoms with Gasteiger partial charge >= 0.3 is 6.18 Å². The van der Waals surface area contributed by atoms with Crippen LogP contribution in [0.15, 0.2) is 35.2 Å². The molecule has 10 heteroatoms. The normalized spacial score (nSPS) is 15.5. The average Bonchev–Trinajstić information content (AvgIpc) is 2.70. The van der Waals surface area contributed by atoms with Gasteiger partial charge in [-0.15, -0.1) is 11.8 Å². The molecule has 6 nitrogen and oxygen atoms in total. The summed E-state index contributed by atoms with van der Waals surface area (Å²) >= 11 is 1.03. The predicted octanol–water partition coefficient (Wildman–Crippen LogP) is 4.53. The van der Waals surface area contributed by atoms with Crippen LogP contribution < -0.4 is 10.6 Å². The molecule has 3 rings (SSSR count). The van der Waals surface area contributed by atoms with Crippen LogP contribution in [0.5, 0.6) is 0 Å². The molecule has 2 N–H and O–H groups in total. The van der Waals surface area contributed by atoms with Gasteiger partial charge in [0, 0.05) is 24.1 Å². The Balaban J connectivity index is 1.61. The van der Waals surface area contributed by atoms with E-state index < -0.39 is 28.8 Å². The van der Waals surface area contributed by atoms with E-state index in [-0.39, 0.29) is 24.6 Å². The van der Waals surface area contributed by atoms with Crippen LogP contribution in [0.1, 0.15) is 28.7 Å². The number of amides is 3. The number of halogens is 3. The van der Waals surface area contributed by atoms with Gasteiger partial charge < -0.3 is 15.5 Å². The quantitative estimate of drug-likeness (QED) is 0.661. The number of nitrogens with one attached hydrogen (secondary N) is 2. The number of hydrogen-bond donors (Lipinski definition) is 2. The largest absolute Gasteiger partial charge is 0.416 e. The zero-order valence-corrected chi connectivity index (χ0v) is 19.4. The molecule has 176 valence electrons. The minimum absolute atomic E-state index is 0.0695. The number of anilines is 2. The third kappa shape index (κ3) is 5.87. The van der Waals surface area contributed by atoms with Crippen molar-refractivity contribution in [1.29, 1.82) is 0 Å². The van der Waals surface area contributed by atoms with Crippen molar-refractivity contribution in [3.63, 3.8) is 0 Å². The Morgan fingerprint density at radius 2 is 1.76 bits per heavy atom. The molecule has 33 heavy (non-hydrogen) atoms. The lowest BCUT2D eigenvalue weighted by atomic mass is 10.1. The Morgan fingerprint density at radius 3 is 2.36 bits per heavy atom. The molecule has 3 amide bonds. The van der Waals surface area contributed by atoms with Gasteiger partial charge in [-0.1, -0.05) is 17.7 Å². The molecule has 0 saturated carbocycles. The van der Waals surface area contributed by atoms with E-state index in [1.54, 1.807) is 0 Å². The zero-order chi connectivity index (χ0) is 24.5. The van der Waals surface area contributed by atoms with E-state index in [9.17, 15) is 27.6 Å². The smallest absolute Gasteiger partial charge is 0.336 e. The van der Waals surface area contributed by atoms with Gasteiger partial charge in [-0.2, -0.15) is 13.2 Å². The van der Waals surface area contributed by atoms with Crippen LogP contribution in [-0.4, -0.2) is 41.5 Å². The van der Waals surface area contributed by atoms with Crippen molar-refractivity contribution in [3.05, 3.63) is 52.6 Å². The summed E-state index contributed by atoms with van der Waals surface area (Å²) in [6, 6.07) is 7.00. The van der Waals surface area contributed by atoms with E-state index in [2.05, 4.69) is 10.6 Å². The highest BCUT2D eigenvalue weighted by molar-refractivity contribution is 8.01. The predicted molar refractivity (Wildman–Crippen MR) is 121 cm³/mol. The summed E-state index contributed by atoms with van der Waals surface area (Å²) in [6.45, 7) is 5.54. The number of thioether (sulfide) groups is 1. The van der Waals surface area contributed by atoms with Crippen molar-refractivity contribution in [1.82, 2.24) is 4.90 Å². The summed E-state index contributed by atoms with van der Waals surface area (Å²) in [5.41, 5.74) is 2.81. The van der Waals surface area contributed by atoms with Crippen LogP contribution in [0, 0.1) is 20.8 Å². The lowest BCUT2D eigenvalue weighted by molar-refractivity contribution is -0.137. The second-order valence-corrected chi connectivity index (χ2v) is 9.32. The highest BCUT2D eigenvalue weighted by Gasteiger charge is 2.34. The maximum atomic E-state index is 12.9. The molecule has 1 aliphatic heterocycles. The minimum Gasteiger partial charge on any atom is -0.336 e. The van der Waals surface area contributed by atoms with Crippen LogP contribution in [0.2, 0.25) is 0 Å².